The normalized spacial score (nSPS) is 10.3. The largest absolute Gasteiger partial charge is 0.497 e. The number of aromatic nitrogens is 2. The molecule has 0 fully saturated rings. The van der Waals surface area contributed by atoms with Gasteiger partial charge in [0.2, 0.25) is 5.91 Å². The average Bonchev–Trinajstić information content (AvgIpc) is 2.61. The van der Waals surface area contributed by atoms with Crippen molar-refractivity contribution < 1.29 is 9.53 Å². The van der Waals surface area contributed by atoms with E-state index in [-0.39, 0.29) is 17.9 Å². The number of carbonyl (C=O) groups excluding carboxylic acids is 1. The van der Waals surface area contributed by atoms with Crippen LogP contribution in [-0.2, 0) is 17.0 Å². The van der Waals surface area contributed by atoms with E-state index in [1.54, 1.807) is 20.1 Å². The van der Waals surface area contributed by atoms with Crippen LogP contribution in [0.25, 0.3) is 0 Å². The van der Waals surface area contributed by atoms with E-state index in [4.69, 9.17) is 4.74 Å². The van der Waals surface area contributed by atoms with Gasteiger partial charge in [0.05, 0.1) is 13.5 Å². The van der Waals surface area contributed by atoms with E-state index in [0.717, 1.165) is 11.3 Å². The van der Waals surface area contributed by atoms with E-state index in [9.17, 15) is 9.59 Å². The van der Waals surface area contributed by atoms with Crippen molar-refractivity contribution in [1.29, 1.82) is 0 Å². The monoisotopic (exact) mass is 359 g/mol. The van der Waals surface area contributed by atoms with E-state index in [2.05, 4.69) is 21.9 Å². The number of aromatic amines is 1. The van der Waals surface area contributed by atoms with Gasteiger partial charge in [0.1, 0.15) is 5.75 Å². The molecule has 25 heavy (non-hydrogen) atoms. The number of nitrogens with zero attached hydrogens (tertiary/aromatic N) is 1. The summed E-state index contributed by atoms with van der Waals surface area (Å²) in [5.41, 5.74) is 1.73. The zero-order chi connectivity index (χ0) is 18.2. The molecule has 1 aromatic heterocycles. The number of ether oxygens (including phenoxy) is 1. The van der Waals surface area contributed by atoms with Gasteiger partial charge in [-0.05, 0) is 24.6 Å². The van der Waals surface area contributed by atoms with Crippen LogP contribution in [0, 0.1) is 6.92 Å². The SMILES string of the molecule is C=CCNC(=O)Cc1c(C)nc(SCc2cccc(OC)c2)[nH]c1=O. The number of H-pyrrole nitrogens is 1. The van der Waals surface area contributed by atoms with Gasteiger partial charge in [-0.3, -0.25) is 9.59 Å². The quantitative estimate of drug-likeness (QED) is 0.429. The first-order chi connectivity index (χ1) is 12.0. The lowest BCUT2D eigenvalue weighted by atomic mass is 10.1. The number of nitrogens with one attached hydrogen (secondary N) is 2. The third-order valence-corrected chi connectivity index (χ3v) is 4.44. The van der Waals surface area contributed by atoms with E-state index < -0.39 is 0 Å². The molecule has 1 aromatic carbocycles. The number of aryl methyl sites for hydroxylation is 1. The maximum absolute atomic E-state index is 12.3. The number of rotatable bonds is 8. The van der Waals surface area contributed by atoms with Crippen LogP contribution < -0.4 is 15.6 Å². The Kier molecular flexibility index (Phi) is 6.82. The van der Waals surface area contributed by atoms with E-state index >= 15 is 0 Å². The molecule has 2 rings (SSSR count). The second-order valence-corrected chi connectivity index (χ2v) is 6.31. The fourth-order valence-electron chi connectivity index (χ4n) is 2.18. The molecule has 0 bridgehead atoms. The number of amides is 1. The van der Waals surface area contributed by atoms with Crippen LogP contribution in [0.15, 0.2) is 46.9 Å². The van der Waals surface area contributed by atoms with Crippen molar-refractivity contribution in [2.45, 2.75) is 24.3 Å². The highest BCUT2D eigenvalue weighted by Crippen LogP contribution is 2.21. The van der Waals surface area contributed by atoms with Crippen molar-refractivity contribution in [3.05, 3.63) is 64.1 Å². The van der Waals surface area contributed by atoms with Gasteiger partial charge in [0.15, 0.2) is 5.16 Å². The lowest BCUT2D eigenvalue weighted by molar-refractivity contribution is -0.120. The predicted octanol–water partition coefficient (Wildman–Crippen LogP) is 2.22. The molecule has 0 atom stereocenters. The Labute approximate surface area is 150 Å². The standard InChI is InChI=1S/C18H21N3O3S/c1-4-8-19-16(22)10-15-12(2)20-18(21-17(15)23)25-11-13-6-5-7-14(9-13)24-3/h4-7,9H,1,8,10-11H2,2-3H3,(H,19,22)(H,20,21,23). The summed E-state index contributed by atoms with van der Waals surface area (Å²) < 4.78 is 5.20. The fourth-order valence-corrected chi connectivity index (χ4v) is 3.03. The average molecular weight is 359 g/mol. The van der Waals surface area contributed by atoms with Gasteiger partial charge in [0, 0.05) is 23.6 Å². The summed E-state index contributed by atoms with van der Waals surface area (Å²) in [6.45, 7) is 5.65. The van der Waals surface area contributed by atoms with Gasteiger partial charge in [-0.2, -0.15) is 0 Å². The van der Waals surface area contributed by atoms with Crippen molar-refractivity contribution in [2.75, 3.05) is 13.7 Å². The second kappa shape index (κ2) is 9.08. The van der Waals surface area contributed by atoms with Crippen LogP contribution >= 0.6 is 11.8 Å². The van der Waals surface area contributed by atoms with Crippen molar-refractivity contribution in [3.63, 3.8) is 0 Å². The number of thioether (sulfide) groups is 1. The maximum atomic E-state index is 12.3. The smallest absolute Gasteiger partial charge is 0.255 e. The highest BCUT2D eigenvalue weighted by Gasteiger charge is 2.12. The third-order valence-electron chi connectivity index (χ3n) is 3.49. The molecule has 0 aliphatic heterocycles. The second-order valence-electron chi connectivity index (χ2n) is 5.34. The van der Waals surface area contributed by atoms with Gasteiger partial charge in [-0.1, -0.05) is 30.0 Å². The maximum Gasteiger partial charge on any atom is 0.255 e. The molecule has 2 aromatic rings. The summed E-state index contributed by atoms with van der Waals surface area (Å²) in [4.78, 5) is 31.2. The number of benzene rings is 1. The molecule has 0 unspecified atom stereocenters. The fraction of sp³-hybridized carbons (Fsp3) is 0.278. The predicted molar refractivity (Wildman–Crippen MR) is 99.1 cm³/mol. The van der Waals surface area contributed by atoms with Crippen LogP contribution in [0.4, 0.5) is 0 Å². The highest BCUT2D eigenvalue weighted by molar-refractivity contribution is 7.98. The lowest BCUT2D eigenvalue weighted by Gasteiger charge is -2.08. The molecule has 6 nitrogen and oxygen atoms in total. The summed E-state index contributed by atoms with van der Waals surface area (Å²) in [7, 11) is 1.62. The molecule has 0 saturated carbocycles. The number of hydrogen-bond donors (Lipinski definition) is 2. The van der Waals surface area contributed by atoms with Crippen molar-refractivity contribution in [1.82, 2.24) is 15.3 Å². The van der Waals surface area contributed by atoms with Gasteiger partial charge >= 0.3 is 0 Å². The molecule has 132 valence electrons. The van der Waals surface area contributed by atoms with E-state index in [0.29, 0.717) is 28.7 Å². The van der Waals surface area contributed by atoms with Gasteiger partial charge in [0.25, 0.3) is 5.56 Å². The number of methoxy groups -OCH3 is 1. The Morgan fingerprint density at radius 3 is 2.96 bits per heavy atom. The van der Waals surface area contributed by atoms with Gasteiger partial charge in [-0.25, -0.2) is 4.98 Å². The Hall–Kier alpha value is -2.54. The minimum absolute atomic E-state index is 0.00281. The van der Waals surface area contributed by atoms with Crippen molar-refractivity contribution >= 4 is 17.7 Å². The summed E-state index contributed by atoms with van der Waals surface area (Å²) >= 11 is 1.43. The lowest BCUT2D eigenvalue weighted by Crippen LogP contribution is -2.29. The minimum Gasteiger partial charge on any atom is -0.497 e. The van der Waals surface area contributed by atoms with Crippen LogP contribution in [-0.4, -0.2) is 29.5 Å². The molecular weight excluding hydrogens is 338 g/mol. The highest BCUT2D eigenvalue weighted by atomic mass is 32.2. The van der Waals surface area contributed by atoms with E-state index in [1.807, 2.05) is 24.3 Å². The Bertz CT molecular complexity index is 817. The van der Waals surface area contributed by atoms with E-state index in [1.165, 1.54) is 11.8 Å². The molecule has 2 N–H and O–H groups in total. The Morgan fingerprint density at radius 1 is 1.48 bits per heavy atom. The molecule has 0 aliphatic carbocycles. The summed E-state index contributed by atoms with van der Waals surface area (Å²) in [6, 6.07) is 7.72. The molecule has 1 amide bonds. The molecule has 0 spiro atoms. The Morgan fingerprint density at radius 2 is 2.28 bits per heavy atom. The summed E-state index contributed by atoms with van der Waals surface area (Å²) in [6.07, 6.45) is 1.59. The van der Waals surface area contributed by atoms with Gasteiger partial charge < -0.3 is 15.0 Å². The first-order valence-corrected chi connectivity index (χ1v) is 8.75. The topological polar surface area (TPSA) is 84.1 Å². The molecule has 0 saturated heterocycles. The van der Waals surface area contributed by atoms with Crippen molar-refractivity contribution in [2.24, 2.45) is 0 Å². The molecule has 1 heterocycles. The van der Waals surface area contributed by atoms with Crippen LogP contribution in [0.5, 0.6) is 5.75 Å². The minimum atomic E-state index is -0.283. The third kappa shape index (κ3) is 5.49. The summed E-state index contributed by atoms with van der Waals surface area (Å²) in [5.74, 6) is 1.21. The molecular formula is C18H21N3O3S. The Balaban J connectivity index is 2.06. The number of hydrogen-bond acceptors (Lipinski definition) is 5. The number of carbonyl (C=O) groups is 1. The first kappa shape index (κ1) is 18.8. The van der Waals surface area contributed by atoms with Crippen LogP contribution in [0.2, 0.25) is 0 Å². The zero-order valence-corrected chi connectivity index (χ0v) is 15.1. The van der Waals surface area contributed by atoms with Gasteiger partial charge in [-0.15, -0.1) is 6.58 Å². The van der Waals surface area contributed by atoms with Crippen LogP contribution in [0.3, 0.4) is 0 Å². The molecule has 0 radical (unpaired) electrons. The molecule has 0 aliphatic rings. The van der Waals surface area contributed by atoms with Crippen LogP contribution in [0.1, 0.15) is 16.8 Å². The first-order valence-electron chi connectivity index (χ1n) is 7.76. The van der Waals surface area contributed by atoms with Crippen molar-refractivity contribution in [3.8, 4) is 5.75 Å². The molecule has 7 heteroatoms. The summed E-state index contributed by atoms with van der Waals surface area (Å²) in [5, 5.41) is 3.18. The zero-order valence-electron chi connectivity index (χ0n) is 14.3.